The summed E-state index contributed by atoms with van der Waals surface area (Å²) in [6.45, 7) is 0.804. The predicted octanol–water partition coefficient (Wildman–Crippen LogP) is 2.15. The largest absolute Gasteiger partial charge is 0.350 e. The summed E-state index contributed by atoms with van der Waals surface area (Å²) in [7, 11) is 0. The first-order chi connectivity index (χ1) is 7.83. The lowest BCUT2D eigenvalue weighted by atomic mass is 9.85. The summed E-state index contributed by atoms with van der Waals surface area (Å²) in [5, 5.41) is 2.96. The number of aromatic nitrogens is 2. The number of nitrogens with one attached hydrogen (secondary N) is 2. The maximum Gasteiger partial charge on any atom is 0.267 e. The first-order valence-corrected chi connectivity index (χ1v) is 6.41. The van der Waals surface area contributed by atoms with Gasteiger partial charge in [-0.05, 0) is 24.8 Å². The fourth-order valence-corrected chi connectivity index (χ4v) is 2.57. The van der Waals surface area contributed by atoms with E-state index < -0.39 is 0 Å². The van der Waals surface area contributed by atoms with Gasteiger partial charge in [0.25, 0.3) is 5.91 Å². The molecule has 0 aliphatic heterocycles. The van der Waals surface area contributed by atoms with Gasteiger partial charge in [0.05, 0.1) is 10.2 Å². The summed E-state index contributed by atoms with van der Waals surface area (Å²) in [5.74, 6) is 0.676. The molecule has 2 N–H and O–H groups in total. The van der Waals surface area contributed by atoms with Crippen LogP contribution in [0.2, 0.25) is 0 Å². The van der Waals surface area contributed by atoms with Gasteiger partial charge in [-0.1, -0.05) is 6.42 Å². The molecule has 1 amide bonds. The molecule has 0 atom stereocenters. The molecular weight excluding hydrogens is 222 g/mol. The number of hydrogen-bond donors (Lipinski definition) is 2. The summed E-state index contributed by atoms with van der Waals surface area (Å²) in [4.78, 5) is 18.9. The Morgan fingerprint density at radius 3 is 3.19 bits per heavy atom. The molecule has 0 unspecified atom stereocenters. The first kappa shape index (κ1) is 9.84. The van der Waals surface area contributed by atoms with Crippen molar-refractivity contribution >= 4 is 27.6 Å². The van der Waals surface area contributed by atoms with Crippen molar-refractivity contribution < 1.29 is 4.79 Å². The number of thiazole rings is 1. The highest BCUT2D eigenvalue weighted by Crippen LogP contribution is 2.25. The van der Waals surface area contributed by atoms with Gasteiger partial charge in [0.1, 0.15) is 11.3 Å². The van der Waals surface area contributed by atoms with E-state index in [2.05, 4.69) is 15.3 Å². The fraction of sp³-hybridized carbons (Fsp3) is 0.455. The summed E-state index contributed by atoms with van der Waals surface area (Å²) < 4.78 is 1.04. The van der Waals surface area contributed by atoms with Crippen LogP contribution in [0.1, 0.15) is 29.8 Å². The number of fused-ring (bicyclic) bond motifs is 1. The normalized spacial score (nSPS) is 16.2. The Hall–Kier alpha value is -1.36. The van der Waals surface area contributed by atoms with Crippen LogP contribution in [0.15, 0.2) is 11.6 Å². The molecule has 4 nitrogen and oxygen atoms in total. The third kappa shape index (κ3) is 1.71. The van der Waals surface area contributed by atoms with E-state index in [1.54, 1.807) is 16.8 Å². The van der Waals surface area contributed by atoms with Crippen LogP contribution < -0.4 is 5.32 Å². The van der Waals surface area contributed by atoms with E-state index in [0.29, 0.717) is 11.6 Å². The van der Waals surface area contributed by atoms with E-state index in [1.807, 2.05) is 6.07 Å². The van der Waals surface area contributed by atoms with E-state index in [9.17, 15) is 4.79 Å². The van der Waals surface area contributed by atoms with Crippen molar-refractivity contribution in [3.05, 3.63) is 17.3 Å². The molecule has 0 radical (unpaired) electrons. The molecule has 16 heavy (non-hydrogen) atoms. The molecule has 84 valence electrons. The zero-order valence-electron chi connectivity index (χ0n) is 8.82. The number of H-pyrrole nitrogens is 1. The van der Waals surface area contributed by atoms with Gasteiger partial charge in [-0.15, -0.1) is 11.3 Å². The number of aromatic amines is 1. The molecule has 1 saturated carbocycles. The Kier molecular flexibility index (Phi) is 2.40. The molecule has 2 aromatic heterocycles. The third-order valence-electron chi connectivity index (χ3n) is 3.14. The van der Waals surface area contributed by atoms with Crippen molar-refractivity contribution in [2.75, 3.05) is 6.54 Å². The second kappa shape index (κ2) is 3.90. The van der Waals surface area contributed by atoms with Crippen LogP contribution in [0.25, 0.3) is 10.3 Å². The van der Waals surface area contributed by atoms with Crippen molar-refractivity contribution in [2.45, 2.75) is 19.3 Å². The SMILES string of the molecule is O=C(NCC1CCC1)c1cc2scnc2[nH]1. The highest BCUT2D eigenvalue weighted by molar-refractivity contribution is 7.16. The number of amides is 1. The van der Waals surface area contributed by atoms with Crippen LogP contribution in [0.4, 0.5) is 0 Å². The summed E-state index contributed by atoms with van der Waals surface area (Å²) in [6.07, 6.45) is 3.81. The molecule has 0 aromatic carbocycles. The zero-order chi connectivity index (χ0) is 11.0. The third-order valence-corrected chi connectivity index (χ3v) is 3.92. The highest BCUT2D eigenvalue weighted by Gasteiger charge is 2.18. The lowest BCUT2D eigenvalue weighted by Crippen LogP contribution is -2.32. The number of carbonyl (C=O) groups is 1. The minimum absolute atomic E-state index is 0.0166. The average Bonchev–Trinajstić information content (AvgIpc) is 2.73. The second-order valence-corrected chi connectivity index (χ2v) is 5.14. The Labute approximate surface area is 97.1 Å². The molecule has 1 aliphatic carbocycles. The van der Waals surface area contributed by atoms with Gasteiger partial charge in [-0.3, -0.25) is 4.79 Å². The zero-order valence-corrected chi connectivity index (χ0v) is 9.64. The van der Waals surface area contributed by atoms with Crippen LogP contribution >= 0.6 is 11.3 Å². The minimum Gasteiger partial charge on any atom is -0.350 e. The molecule has 3 rings (SSSR count). The Morgan fingerprint density at radius 2 is 2.50 bits per heavy atom. The quantitative estimate of drug-likeness (QED) is 0.856. The van der Waals surface area contributed by atoms with Gasteiger partial charge in [0.2, 0.25) is 0 Å². The molecule has 1 fully saturated rings. The van der Waals surface area contributed by atoms with Gasteiger partial charge in [0.15, 0.2) is 0 Å². The maximum atomic E-state index is 11.8. The molecule has 2 aromatic rings. The average molecular weight is 235 g/mol. The molecular formula is C11H13N3OS. The van der Waals surface area contributed by atoms with Crippen molar-refractivity contribution in [3.8, 4) is 0 Å². The van der Waals surface area contributed by atoms with Gasteiger partial charge < -0.3 is 10.3 Å². The van der Waals surface area contributed by atoms with Gasteiger partial charge in [0, 0.05) is 6.54 Å². The van der Waals surface area contributed by atoms with Crippen molar-refractivity contribution in [2.24, 2.45) is 5.92 Å². The number of nitrogens with zero attached hydrogens (tertiary/aromatic N) is 1. The van der Waals surface area contributed by atoms with Crippen LogP contribution in [-0.4, -0.2) is 22.4 Å². The lowest BCUT2D eigenvalue weighted by Gasteiger charge is -2.25. The highest BCUT2D eigenvalue weighted by atomic mass is 32.1. The number of rotatable bonds is 3. The van der Waals surface area contributed by atoms with Gasteiger partial charge in [-0.2, -0.15) is 0 Å². The summed E-state index contributed by atoms with van der Waals surface area (Å²) >= 11 is 1.54. The van der Waals surface area contributed by atoms with Crippen molar-refractivity contribution in [3.63, 3.8) is 0 Å². The molecule has 1 aliphatic rings. The molecule has 0 bridgehead atoms. The second-order valence-electron chi connectivity index (χ2n) is 4.26. The number of carbonyl (C=O) groups excluding carboxylic acids is 1. The number of hydrogen-bond acceptors (Lipinski definition) is 3. The summed E-state index contributed by atoms with van der Waals surface area (Å²) in [6, 6.07) is 1.86. The Balaban J connectivity index is 1.66. The van der Waals surface area contributed by atoms with E-state index in [4.69, 9.17) is 0 Å². The maximum absolute atomic E-state index is 11.8. The van der Waals surface area contributed by atoms with Gasteiger partial charge in [-0.25, -0.2) is 4.98 Å². The van der Waals surface area contributed by atoms with E-state index in [1.165, 1.54) is 19.3 Å². The standard InChI is InChI=1S/C11H13N3OS/c15-11(12-5-7-2-1-3-7)8-4-9-10(14-8)13-6-16-9/h4,6-7,14H,1-3,5H2,(H,12,15). The van der Waals surface area contributed by atoms with Crippen LogP contribution in [0.3, 0.4) is 0 Å². The first-order valence-electron chi connectivity index (χ1n) is 5.53. The van der Waals surface area contributed by atoms with Crippen LogP contribution in [-0.2, 0) is 0 Å². The van der Waals surface area contributed by atoms with E-state index >= 15 is 0 Å². The predicted molar refractivity (Wildman–Crippen MR) is 63.6 cm³/mol. The summed E-state index contributed by atoms with van der Waals surface area (Å²) in [5.41, 5.74) is 3.20. The smallest absolute Gasteiger partial charge is 0.267 e. The van der Waals surface area contributed by atoms with Crippen LogP contribution in [0, 0.1) is 5.92 Å². The topological polar surface area (TPSA) is 57.8 Å². The van der Waals surface area contributed by atoms with Crippen LogP contribution in [0.5, 0.6) is 0 Å². The Morgan fingerprint density at radius 1 is 1.62 bits per heavy atom. The monoisotopic (exact) mass is 235 g/mol. The lowest BCUT2D eigenvalue weighted by molar-refractivity contribution is 0.0935. The molecule has 5 heteroatoms. The molecule has 2 heterocycles. The van der Waals surface area contributed by atoms with Crippen molar-refractivity contribution in [1.29, 1.82) is 0 Å². The van der Waals surface area contributed by atoms with Crippen molar-refractivity contribution in [1.82, 2.24) is 15.3 Å². The van der Waals surface area contributed by atoms with Gasteiger partial charge >= 0.3 is 0 Å². The fourth-order valence-electron chi connectivity index (χ4n) is 1.90. The Bertz CT molecular complexity index is 484. The van der Waals surface area contributed by atoms with E-state index in [0.717, 1.165) is 16.9 Å². The molecule has 0 spiro atoms. The minimum atomic E-state index is -0.0166. The molecule has 0 saturated heterocycles. The van der Waals surface area contributed by atoms with E-state index in [-0.39, 0.29) is 5.91 Å².